The minimum Gasteiger partial charge on any atom is -0.320 e. The van der Waals surface area contributed by atoms with E-state index in [2.05, 4.69) is 49.2 Å². The fourth-order valence-electron chi connectivity index (χ4n) is 2.03. The van der Waals surface area contributed by atoms with Crippen LogP contribution in [0.3, 0.4) is 0 Å². The van der Waals surface area contributed by atoms with Crippen LogP contribution >= 0.6 is 0 Å². The van der Waals surface area contributed by atoms with Crippen LogP contribution in [0.25, 0.3) is 0 Å². The van der Waals surface area contributed by atoms with Gasteiger partial charge in [-0.3, -0.25) is 4.98 Å². The quantitative estimate of drug-likeness (QED) is 0.891. The van der Waals surface area contributed by atoms with Crippen molar-refractivity contribution < 1.29 is 0 Å². The molecule has 2 N–H and O–H groups in total. The molecule has 2 nitrogen and oxygen atoms in total. The molecular weight excluding hydrogens is 220 g/mol. The number of benzene rings is 1. The molecule has 2 aromatic rings. The molecule has 1 aromatic carbocycles. The second-order valence-corrected chi connectivity index (χ2v) is 5.09. The Kier molecular flexibility index (Phi) is 3.78. The van der Waals surface area contributed by atoms with Crippen molar-refractivity contribution in [3.05, 3.63) is 65.0 Å². The van der Waals surface area contributed by atoms with Gasteiger partial charge in [0.1, 0.15) is 0 Å². The molecule has 0 fully saturated rings. The van der Waals surface area contributed by atoms with Gasteiger partial charge in [0.2, 0.25) is 0 Å². The van der Waals surface area contributed by atoms with E-state index in [1.807, 2.05) is 19.3 Å². The monoisotopic (exact) mass is 240 g/mol. The number of aromatic nitrogens is 1. The predicted octanol–water partition coefficient (Wildman–Crippen LogP) is 3.56. The van der Waals surface area contributed by atoms with E-state index >= 15 is 0 Å². The van der Waals surface area contributed by atoms with Gasteiger partial charge in [0.25, 0.3) is 0 Å². The van der Waals surface area contributed by atoms with E-state index < -0.39 is 0 Å². The number of pyridine rings is 1. The van der Waals surface area contributed by atoms with E-state index in [1.165, 1.54) is 5.56 Å². The molecule has 0 radical (unpaired) electrons. The largest absolute Gasteiger partial charge is 0.320 e. The molecule has 1 unspecified atom stereocenters. The Labute approximate surface area is 109 Å². The van der Waals surface area contributed by atoms with Crippen molar-refractivity contribution >= 4 is 0 Å². The summed E-state index contributed by atoms with van der Waals surface area (Å²) in [4.78, 5) is 4.20. The highest BCUT2D eigenvalue weighted by atomic mass is 14.7. The molecule has 1 atom stereocenters. The Bertz CT molecular complexity index is 515. The maximum Gasteiger partial charge on any atom is 0.0567 e. The van der Waals surface area contributed by atoms with Crippen LogP contribution in [0.2, 0.25) is 0 Å². The summed E-state index contributed by atoms with van der Waals surface area (Å²) in [6.45, 7) is 6.42. The maximum absolute atomic E-state index is 6.27. The Hall–Kier alpha value is -1.67. The molecule has 94 valence electrons. The zero-order chi connectivity index (χ0) is 13.1. The van der Waals surface area contributed by atoms with Crippen LogP contribution in [0.1, 0.15) is 48.1 Å². The lowest BCUT2D eigenvalue weighted by Gasteiger charge is -2.14. The molecule has 0 aliphatic rings. The standard InChI is InChI=1S/C16H20N2/c1-11(2)13-4-6-14(7-5-13)16(17)15-8-12(3)9-18-10-15/h4-11,16H,17H2,1-3H3. The minimum atomic E-state index is -0.0985. The first kappa shape index (κ1) is 12.8. The summed E-state index contributed by atoms with van der Waals surface area (Å²) in [5, 5.41) is 0. The van der Waals surface area contributed by atoms with E-state index in [0.29, 0.717) is 5.92 Å². The molecule has 18 heavy (non-hydrogen) atoms. The van der Waals surface area contributed by atoms with E-state index in [4.69, 9.17) is 5.73 Å². The van der Waals surface area contributed by atoms with Gasteiger partial charge in [-0.2, -0.15) is 0 Å². The van der Waals surface area contributed by atoms with Gasteiger partial charge >= 0.3 is 0 Å². The Morgan fingerprint density at radius 2 is 1.56 bits per heavy atom. The normalized spacial score (nSPS) is 12.7. The maximum atomic E-state index is 6.27. The molecule has 0 bridgehead atoms. The van der Waals surface area contributed by atoms with Gasteiger partial charge in [-0.05, 0) is 35.1 Å². The summed E-state index contributed by atoms with van der Waals surface area (Å²) < 4.78 is 0. The lowest BCUT2D eigenvalue weighted by Crippen LogP contribution is -2.12. The lowest BCUT2D eigenvalue weighted by molar-refractivity contribution is 0.842. The molecule has 1 heterocycles. The smallest absolute Gasteiger partial charge is 0.0567 e. The summed E-state index contributed by atoms with van der Waals surface area (Å²) in [7, 11) is 0. The van der Waals surface area contributed by atoms with E-state index in [9.17, 15) is 0 Å². The number of hydrogen-bond acceptors (Lipinski definition) is 2. The first-order valence-corrected chi connectivity index (χ1v) is 6.35. The third kappa shape index (κ3) is 2.77. The van der Waals surface area contributed by atoms with E-state index in [1.54, 1.807) is 0 Å². The van der Waals surface area contributed by atoms with Crippen LogP contribution in [0, 0.1) is 6.92 Å². The zero-order valence-electron chi connectivity index (χ0n) is 11.2. The summed E-state index contributed by atoms with van der Waals surface area (Å²) in [6.07, 6.45) is 3.69. The van der Waals surface area contributed by atoms with Gasteiger partial charge in [-0.1, -0.05) is 44.2 Å². The molecule has 2 heteroatoms. The summed E-state index contributed by atoms with van der Waals surface area (Å²) in [5.41, 5.74) is 10.9. The van der Waals surface area contributed by atoms with Gasteiger partial charge in [-0.15, -0.1) is 0 Å². The minimum absolute atomic E-state index is 0.0985. The van der Waals surface area contributed by atoms with Crippen molar-refractivity contribution in [3.8, 4) is 0 Å². The van der Waals surface area contributed by atoms with Crippen LogP contribution in [0.5, 0.6) is 0 Å². The van der Waals surface area contributed by atoms with Gasteiger partial charge in [0.05, 0.1) is 6.04 Å². The fraction of sp³-hybridized carbons (Fsp3) is 0.312. The van der Waals surface area contributed by atoms with Crippen molar-refractivity contribution in [3.63, 3.8) is 0 Å². The van der Waals surface area contributed by atoms with Gasteiger partial charge < -0.3 is 5.73 Å². The molecule has 0 spiro atoms. The average molecular weight is 240 g/mol. The lowest BCUT2D eigenvalue weighted by atomic mass is 9.96. The third-order valence-electron chi connectivity index (χ3n) is 3.22. The fourth-order valence-corrected chi connectivity index (χ4v) is 2.03. The van der Waals surface area contributed by atoms with E-state index in [-0.39, 0.29) is 6.04 Å². The number of nitrogens with zero attached hydrogens (tertiary/aromatic N) is 1. The highest BCUT2D eigenvalue weighted by Crippen LogP contribution is 2.22. The van der Waals surface area contributed by atoms with Crippen LogP contribution in [0.4, 0.5) is 0 Å². The second kappa shape index (κ2) is 5.32. The van der Waals surface area contributed by atoms with Crippen LogP contribution in [0.15, 0.2) is 42.7 Å². The van der Waals surface area contributed by atoms with Crippen LogP contribution in [-0.4, -0.2) is 4.98 Å². The first-order chi connectivity index (χ1) is 8.58. The molecule has 0 saturated carbocycles. The summed E-state index contributed by atoms with van der Waals surface area (Å²) in [5.74, 6) is 0.552. The van der Waals surface area contributed by atoms with Crippen LogP contribution in [-0.2, 0) is 0 Å². The molecule has 2 rings (SSSR count). The third-order valence-corrected chi connectivity index (χ3v) is 3.22. The average Bonchev–Trinajstić information content (AvgIpc) is 2.38. The SMILES string of the molecule is Cc1cncc(C(N)c2ccc(C(C)C)cc2)c1. The topological polar surface area (TPSA) is 38.9 Å². The molecule has 0 aliphatic heterocycles. The highest BCUT2D eigenvalue weighted by Gasteiger charge is 2.09. The van der Waals surface area contributed by atoms with Crippen molar-refractivity contribution in [1.82, 2.24) is 4.98 Å². The van der Waals surface area contributed by atoms with Crippen molar-refractivity contribution in [1.29, 1.82) is 0 Å². The highest BCUT2D eigenvalue weighted by molar-refractivity contribution is 5.33. The summed E-state index contributed by atoms with van der Waals surface area (Å²) >= 11 is 0. The van der Waals surface area contributed by atoms with Crippen molar-refractivity contribution in [2.45, 2.75) is 32.7 Å². The van der Waals surface area contributed by atoms with Crippen molar-refractivity contribution in [2.75, 3.05) is 0 Å². The second-order valence-electron chi connectivity index (χ2n) is 5.09. The number of nitrogens with two attached hydrogens (primary N) is 1. The van der Waals surface area contributed by atoms with Crippen molar-refractivity contribution in [2.24, 2.45) is 5.73 Å². The Morgan fingerprint density at radius 1 is 0.944 bits per heavy atom. The zero-order valence-corrected chi connectivity index (χ0v) is 11.2. The number of hydrogen-bond donors (Lipinski definition) is 1. The Balaban J connectivity index is 2.26. The molecule has 0 amide bonds. The number of aryl methyl sites for hydroxylation is 1. The van der Waals surface area contributed by atoms with E-state index in [0.717, 1.165) is 16.7 Å². The molecule has 1 aromatic heterocycles. The first-order valence-electron chi connectivity index (χ1n) is 6.35. The van der Waals surface area contributed by atoms with Gasteiger partial charge in [0, 0.05) is 12.4 Å². The summed E-state index contributed by atoms with van der Waals surface area (Å²) in [6, 6.07) is 10.5. The number of rotatable bonds is 3. The van der Waals surface area contributed by atoms with Crippen LogP contribution < -0.4 is 5.73 Å². The predicted molar refractivity (Wildman–Crippen MR) is 75.5 cm³/mol. The van der Waals surface area contributed by atoms with Gasteiger partial charge in [-0.25, -0.2) is 0 Å². The molecule has 0 saturated heterocycles. The molecule has 0 aliphatic carbocycles. The molecular formula is C16H20N2. The Morgan fingerprint density at radius 3 is 2.11 bits per heavy atom. The van der Waals surface area contributed by atoms with Gasteiger partial charge in [0.15, 0.2) is 0 Å².